The summed E-state index contributed by atoms with van der Waals surface area (Å²) in [5, 5.41) is 9.42. The van der Waals surface area contributed by atoms with Gasteiger partial charge in [0.05, 0.1) is 4.83 Å². The van der Waals surface area contributed by atoms with E-state index < -0.39 is 12.0 Å². The van der Waals surface area contributed by atoms with Gasteiger partial charge in [-0.3, -0.25) is 14.4 Å². The number of Topliss-reactive ketones (excluding diaryl/α,β-unsaturated/α-hetero) is 2. The summed E-state index contributed by atoms with van der Waals surface area (Å²) in [5.74, 6) is 0.531. The SMILES string of the molecule is C[C@@]12[C@@H](C(=O)CO)CC[C@H]1[C@@H]1CCC3=CC(=O)CC[C@]3(C)[C@H]1C(=O)[C@@H]2Br. The molecule has 0 aromatic rings. The molecule has 0 aliphatic heterocycles. The second-order valence-electron chi connectivity index (χ2n) is 9.23. The molecule has 0 heterocycles. The molecule has 4 aliphatic rings. The van der Waals surface area contributed by atoms with Gasteiger partial charge in [-0.05, 0) is 60.8 Å². The molecule has 3 fully saturated rings. The number of allylic oxidation sites excluding steroid dienone is 1. The number of fused-ring (bicyclic) bond motifs is 5. The molecule has 0 unspecified atom stereocenters. The number of carbonyl (C=O) groups is 3. The van der Waals surface area contributed by atoms with Crippen LogP contribution in [0.3, 0.4) is 0 Å². The van der Waals surface area contributed by atoms with Crippen molar-refractivity contribution in [3.05, 3.63) is 11.6 Å². The fraction of sp³-hybridized carbons (Fsp3) is 0.762. The Hall–Kier alpha value is -0.810. The van der Waals surface area contributed by atoms with Gasteiger partial charge in [0.25, 0.3) is 0 Å². The third-order valence-electron chi connectivity index (χ3n) is 8.30. The third kappa shape index (κ3) is 2.25. The summed E-state index contributed by atoms with van der Waals surface area (Å²) in [7, 11) is 0. The Morgan fingerprint density at radius 2 is 1.96 bits per heavy atom. The van der Waals surface area contributed by atoms with Gasteiger partial charge in [-0.1, -0.05) is 35.4 Å². The van der Waals surface area contributed by atoms with Gasteiger partial charge in [0.15, 0.2) is 17.3 Å². The highest BCUT2D eigenvalue weighted by atomic mass is 79.9. The number of rotatable bonds is 2. The van der Waals surface area contributed by atoms with Crippen LogP contribution in [0.4, 0.5) is 0 Å². The molecule has 1 N–H and O–H groups in total. The Bertz CT molecular complexity index is 713. The average molecular weight is 423 g/mol. The summed E-state index contributed by atoms with van der Waals surface area (Å²) < 4.78 is 0. The van der Waals surface area contributed by atoms with Crippen molar-refractivity contribution in [2.75, 3.05) is 6.61 Å². The first-order chi connectivity index (χ1) is 12.2. The molecule has 4 rings (SSSR count). The number of alkyl halides is 1. The number of aliphatic hydroxyl groups excluding tert-OH is 1. The van der Waals surface area contributed by atoms with E-state index in [1.807, 2.05) is 0 Å². The summed E-state index contributed by atoms with van der Waals surface area (Å²) in [6.07, 6.45) is 6.59. The molecule has 5 heteroatoms. The molecular formula is C21H27BrO4. The smallest absolute Gasteiger partial charge is 0.161 e. The van der Waals surface area contributed by atoms with Crippen LogP contribution in [0.2, 0.25) is 0 Å². The predicted molar refractivity (Wildman–Crippen MR) is 101 cm³/mol. The van der Waals surface area contributed by atoms with Gasteiger partial charge < -0.3 is 5.11 Å². The zero-order valence-corrected chi connectivity index (χ0v) is 17.0. The maximum atomic E-state index is 13.6. The van der Waals surface area contributed by atoms with Crippen LogP contribution in [0.25, 0.3) is 0 Å². The topological polar surface area (TPSA) is 71.4 Å². The third-order valence-corrected chi connectivity index (χ3v) is 9.74. The van der Waals surface area contributed by atoms with Crippen LogP contribution in [0.15, 0.2) is 11.6 Å². The standard InChI is InChI=1S/C21H27BrO4/c1-20-8-7-12(24)9-11(20)3-4-13-14-5-6-15(16(25)10-23)21(14,2)19(22)18(26)17(13)20/h9,13-15,17,19,23H,3-8,10H2,1-2H3/t13-,14-,15+,17+,19-,20-,21-/m0/s1. The molecule has 142 valence electrons. The van der Waals surface area contributed by atoms with Gasteiger partial charge in [0.2, 0.25) is 0 Å². The van der Waals surface area contributed by atoms with E-state index >= 15 is 0 Å². The Labute approximate surface area is 162 Å². The van der Waals surface area contributed by atoms with E-state index in [0.29, 0.717) is 12.3 Å². The van der Waals surface area contributed by atoms with Crippen LogP contribution in [-0.4, -0.2) is 33.9 Å². The van der Waals surface area contributed by atoms with Crippen molar-refractivity contribution in [1.29, 1.82) is 0 Å². The van der Waals surface area contributed by atoms with Crippen molar-refractivity contribution in [2.45, 2.75) is 57.2 Å². The van der Waals surface area contributed by atoms with Crippen molar-refractivity contribution < 1.29 is 19.5 Å². The summed E-state index contributed by atoms with van der Waals surface area (Å²) in [6.45, 7) is 3.81. The van der Waals surface area contributed by atoms with E-state index in [1.54, 1.807) is 6.08 Å². The molecule has 4 aliphatic carbocycles. The van der Waals surface area contributed by atoms with Gasteiger partial charge in [-0.15, -0.1) is 0 Å². The second-order valence-corrected chi connectivity index (χ2v) is 10.1. The van der Waals surface area contributed by atoms with Crippen LogP contribution in [0.5, 0.6) is 0 Å². The Balaban J connectivity index is 1.77. The Morgan fingerprint density at radius 1 is 1.23 bits per heavy atom. The number of hydrogen-bond acceptors (Lipinski definition) is 4. The molecule has 0 amide bonds. The summed E-state index contributed by atoms with van der Waals surface area (Å²) in [5.41, 5.74) is 0.521. The number of halogens is 1. The summed E-state index contributed by atoms with van der Waals surface area (Å²) in [6, 6.07) is 0. The lowest BCUT2D eigenvalue weighted by Crippen LogP contribution is -2.60. The zero-order chi connectivity index (χ0) is 18.9. The van der Waals surface area contributed by atoms with E-state index in [9.17, 15) is 19.5 Å². The van der Waals surface area contributed by atoms with Crippen LogP contribution >= 0.6 is 15.9 Å². The maximum Gasteiger partial charge on any atom is 0.161 e. The molecule has 0 aromatic carbocycles. The van der Waals surface area contributed by atoms with Gasteiger partial charge in [0, 0.05) is 18.3 Å². The van der Waals surface area contributed by atoms with Gasteiger partial charge in [-0.2, -0.15) is 0 Å². The number of hydrogen-bond donors (Lipinski definition) is 1. The lowest BCUT2D eigenvalue weighted by atomic mass is 9.46. The highest BCUT2D eigenvalue weighted by Crippen LogP contribution is 2.66. The van der Waals surface area contributed by atoms with E-state index in [-0.39, 0.29) is 45.3 Å². The average Bonchev–Trinajstić information content (AvgIpc) is 2.97. The quantitative estimate of drug-likeness (QED) is 0.693. The fourth-order valence-corrected chi connectivity index (χ4v) is 7.90. The Kier molecular flexibility index (Phi) is 4.35. The Morgan fingerprint density at radius 3 is 2.65 bits per heavy atom. The van der Waals surface area contributed by atoms with E-state index in [1.165, 1.54) is 0 Å². The molecule has 0 saturated heterocycles. The minimum atomic E-state index is -0.443. The van der Waals surface area contributed by atoms with E-state index in [2.05, 4.69) is 29.8 Å². The van der Waals surface area contributed by atoms with Crippen molar-refractivity contribution >= 4 is 33.3 Å². The van der Waals surface area contributed by atoms with Crippen molar-refractivity contribution in [3.8, 4) is 0 Å². The second kappa shape index (κ2) is 6.10. The van der Waals surface area contributed by atoms with Crippen LogP contribution in [0.1, 0.15) is 52.4 Å². The zero-order valence-electron chi connectivity index (χ0n) is 15.5. The molecule has 3 saturated carbocycles. The molecule has 26 heavy (non-hydrogen) atoms. The van der Waals surface area contributed by atoms with E-state index in [4.69, 9.17) is 0 Å². The highest BCUT2D eigenvalue weighted by molar-refractivity contribution is 9.10. The molecule has 4 nitrogen and oxygen atoms in total. The maximum absolute atomic E-state index is 13.6. The molecule has 0 spiro atoms. The predicted octanol–water partition coefficient (Wildman–Crippen LogP) is 3.25. The normalized spacial score (nSPS) is 47.7. The molecule has 0 aromatic heterocycles. The first-order valence-corrected chi connectivity index (χ1v) is 10.7. The highest BCUT2D eigenvalue weighted by Gasteiger charge is 2.66. The van der Waals surface area contributed by atoms with E-state index in [0.717, 1.165) is 37.7 Å². The summed E-state index contributed by atoms with van der Waals surface area (Å²) >= 11 is 3.70. The largest absolute Gasteiger partial charge is 0.389 e. The van der Waals surface area contributed by atoms with Crippen LogP contribution in [0, 0.1) is 34.5 Å². The molecule has 0 bridgehead atoms. The lowest BCUT2D eigenvalue weighted by molar-refractivity contribution is -0.147. The van der Waals surface area contributed by atoms with Crippen molar-refractivity contribution in [2.24, 2.45) is 34.5 Å². The van der Waals surface area contributed by atoms with Crippen molar-refractivity contribution in [1.82, 2.24) is 0 Å². The van der Waals surface area contributed by atoms with Crippen molar-refractivity contribution in [3.63, 3.8) is 0 Å². The van der Waals surface area contributed by atoms with Gasteiger partial charge in [0.1, 0.15) is 6.61 Å². The minimum Gasteiger partial charge on any atom is -0.389 e. The first-order valence-electron chi connectivity index (χ1n) is 9.80. The fourth-order valence-electron chi connectivity index (χ4n) is 6.96. The first kappa shape index (κ1) is 18.5. The number of aliphatic hydroxyl groups is 1. The van der Waals surface area contributed by atoms with Crippen LogP contribution in [-0.2, 0) is 14.4 Å². The molecule has 7 atom stereocenters. The molecule has 0 radical (unpaired) electrons. The monoisotopic (exact) mass is 422 g/mol. The lowest BCUT2D eigenvalue weighted by Gasteiger charge is -2.58. The number of carbonyl (C=O) groups excluding carboxylic acids is 3. The van der Waals surface area contributed by atoms with Crippen LogP contribution < -0.4 is 0 Å². The van der Waals surface area contributed by atoms with Gasteiger partial charge >= 0.3 is 0 Å². The summed E-state index contributed by atoms with van der Waals surface area (Å²) in [4.78, 5) is 37.5. The van der Waals surface area contributed by atoms with Gasteiger partial charge in [-0.25, -0.2) is 0 Å². The number of ketones is 3. The molecular weight excluding hydrogens is 396 g/mol. The minimum absolute atomic E-state index is 0.0685.